The number of carboxylic acid groups (broad SMARTS) is 1. The van der Waals surface area contributed by atoms with E-state index < -0.39 is 12.1 Å². The van der Waals surface area contributed by atoms with Crippen LogP contribution in [-0.4, -0.2) is 36.0 Å². The molecule has 0 fully saturated rings. The van der Waals surface area contributed by atoms with Gasteiger partial charge in [-0.1, -0.05) is 0 Å². The van der Waals surface area contributed by atoms with Gasteiger partial charge in [0.25, 0.3) is 0 Å². The highest BCUT2D eigenvalue weighted by atomic mass is 19.4. The SMILES string of the molecule is CCO.CN.O=C(O)C(F)(F)F. The molecule has 4 N–H and O–H groups in total. The summed E-state index contributed by atoms with van der Waals surface area (Å²) in [6.07, 6.45) is -5.08. The van der Waals surface area contributed by atoms with Crippen LogP contribution in [0.5, 0.6) is 0 Å². The summed E-state index contributed by atoms with van der Waals surface area (Å²) in [5.41, 5.74) is 4.50. The molecule has 0 aliphatic rings. The Morgan fingerprint density at radius 1 is 1.42 bits per heavy atom. The van der Waals surface area contributed by atoms with E-state index in [0.717, 1.165) is 0 Å². The van der Waals surface area contributed by atoms with Crippen molar-refractivity contribution < 1.29 is 28.2 Å². The van der Waals surface area contributed by atoms with Crippen LogP contribution in [0.1, 0.15) is 6.92 Å². The first-order valence-electron chi connectivity index (χ1n) is 2.85. The van der Waals surface area contributed by atoms with Gasteiger partial charge >= 0.3 is 12.1 Å². The number of carboxylic acids is 1. The van der Waals surface area contributed by atoms with Gasteiger partial charge in [-0.3, -0.25) is 0 Å². The molecule has 0 saturated carbocycles. The lowest BCUT2D eigenvalue weighted by Crippen LogP contribution is -2.21. The first kappa shape index (κ1) is 17.3. The Bertz CT molecular complexity index is 105. The van der Waals surface area contributed by atoms with E-state index in [1.54, 1.807) is 6.92 Å². The molecular weight excluding hydrogens is 179 g/mol. The Hall–Kier alpha value is -0.820. The second-order valence-corrected chi connectivity index (χ2v) is 1.12. The minimum absolute atomic E-state index is 0.250. The monoisotopic (exact) mass is 191 g/mol. The first-order chi connectivity index (χ1) is 5.36. The van der Waals surface area contributed by atoms with Crippen LogP contribution in [-0.2, 0) is 4.79 Å². The Balaban J connectivity index is -0.000000137. The Kier molecular flexibility index (Phi) is 14.7. The van der Waals surface area contributed by atoms with E-state index in [9.17, 15) is 13.2 Å². The van der Waals surface area contributed by atoms with Crippen LogP contribution >= 0.6 is 0 Å². The standard InChI is InChI=1S/C2HF3O2.C2H6O.CH5N/c3-2(4,5)1(6)7;1-2-3;1-2/h(H,6,7);3H,2H2,1H3;2H2,1H3. The number of aliphatic hydroxyl groups is 1. The van der Waals surface area contributed by atoms with E-state index in [4.69, 9.17) is 15.0 Å². The molecule has 0 aromatic rings. The molecule has 0 aliphatic heterocycles. The highest BCUT2D eigenvalue weighted by molar-refractivity contribution is 5.73. The number of halogens is 3. The number of carbonyl (C=O) groups is 1. The van der Waals surface area contributed by atoms with Gasteiger partial charge in [-0.25, -0.2) is 4.79 Å². The molecule has 0 spiro atoms. The second-order valence-electron chi connectivity index (χ2n) is 1.12. The van der Waals surface area contributed by atoms with Gasteiger partial charge in [-0.15, -0.1) is 0 Å². The zero-order chi connectivity index (χ0) is 10.8. The van der Waals surface area contributed by atoms with Gasteiger partial charge in [0.05, 0.1) is 0 Å². The summed E-state index contributed by atoms with van der Waals surface area (Å²) in [4.78, 5) is 8.90. The fourth-order valence-corrected chi connectivity index (χ4v) is 0. The second kappa shape index (κ2) is 10.2. The molecule has 0 saturated heterocycles. The minimum Gasteiger partial charge on any atom is -0.475 e. The van der Waals surface area contributed by atoms with Crippen molar-refractivity contribution in [1.29, 1.82) is 0 Å². The topological polar surface area (TPSA) is 83.5 Å². The first-order valence-corrected chi connectivity index (χ1v) is 2.85. The zero-order valence-corrected chi connectivity index (χ0v) is 6.72. The smallest absolute Gasteiger partial charge is 0.475 e. The predicted molar refractivity (Wildman–Crippen MR) is 36.6 cm³/mol. The number of aliphatic hydroxyl groups excluding tert-OH is 1. The third-order valence-corrected chi connectivity index (χ3v) is 0.243. The van der Waals surface area contributed by atoms with Crippen LogP contribution in [0, 0.1) is 0 Å². The lowest BCUT2D eigenvalue weighted by atomic mass is 10.7. The average Bonchev–Trinajstić information content (AvgIpc) is 1.91. The number of nitrogens with two attached hydrogens (primary N) is 1. The van der Waals surface area contributed by atoms with Gasteiger partial charge < -0.3 is 15.9 Å². The normalized spacial score (nSPS) is 8.58. The van der Waals surface area contributed by atoms with Crippen LogP contribution in [0.4, 0.5) is 13.2 Å². The molecule has 0 unspecified atom stereocenters. The summed E-state index contributed by atoms with van der Waals surface area (Å²) in [5, 5.41) is 14.7. The number of aliphatic carboxylic acids is 1. The van der Waals surface area contributed by atoms with E-state index >= 15 is 0 Å². The third-order valence-electron chi connectivity index (χ3n) is 0.243. The summed E-state index contributed by atoms with van der Waals surface area (Å²) < 4.78 is 31.7. The highest BCUT2D eigenvalue weighted by Crippen LogP contribution is 2.13. The quantitative estimate of drug-likeness (QED) is 0.511. The minimum atomic E-state index is -5.08. The molecule has 4 nitrogen and oxygen atoms in total. The Labute approximate surface area is 67.8 Å². The fraction of sp³-hybridized carbons (Fsp3) is 0.800. The van der Waals surface area contributed by atoms with Crippen molar-refractivity contribution in [3.63, 3.8) is 0 Å². The molecule has 7 heteroatoms. The number of hydrogen-bond donors (Lipinski definition) is 3. The van der Waals surface area contributed by atoms with E-state index in [2.05, 4.69) is 5.73 Å². The average molecular weight is 191 g/mol. The molecule has 0 amide bonds. The predicted octanol–water partition coefficient (Wildman–Crippen LogP) is 0.207. The molecular formula is C5H12F3NO3. The number of hydrogen-bond acceptors (Lipinski definition) is 3. The number of alkyl halides is 3. The van der Waals surface area contributed by atoms with Gasteiger partial charge in [0.1, 0.15) is 0 Å². The summed E-state index contributed by atoms with van der Waals surface area (Å²) in [6.45, 7) is 1.93. The van der Waals surface area contributed by atoms with Crippen molar-refractivity contribution >= 4 is 5.97 Å². The molecule has 0 heterocycles. The van der Waals surface area contributed by atoms with Gasteiger partial charge in [0.2, 0.25) is 0 Å². The number of rotatable bonds is 0. The van der Waals surface area contributed by atoms with E-state index in [1.807, 2.05) is 0 Å². The van der Waals surface area contributed by atoms with Crippen molar-refractivity contribution in [2.75, 3.05) is 13.7 Å². The largest absolute Gasteiger partial charge is 0.490 e. The lowest BCUT2D eigenvalue weighted by molar-refractivity contribution is -0.192. The fourth-order valence-electron chi connectivity index (χ4n) is 0. The maximum absolute atomic E-state index is 10.6. The van der Waals surface area contributed by atoms with Crippen molar-refractivity contribution in [1.82, 2.24) is 0 Å². The third kappa shape index (κ3) is 22.9. The van der Waals surface area contributed by atoms with Crippen LogP contribution < -0.4 is 5.73 Å². The van der Waals surface area contributed by atoms with E-state index in [0.29, 0.717) is 0 Å². The van der Waals surface area contributed by atoms with Gasteiger partial charge in [0, 0.05) is 6.61 Å². The molecule has 12 heavy (non-hydrogen) atoms. The van der Waals surface area contributed by atoms with Crippen LogP contribution in [0.15, 0.2) is 0 Å². The van der Waals surface area contributed by atoms with Crippen LogP contribution in [0.25, 0.3) is 0 Å². The molecule has 0 rings (SSSR count). The summed E-state index contributed by atoms with van der Waals surface area (Å²) >= 11 is 0. The molecule has 76 valence electrons. The molecule has 0 bridgehead atoms. The van der Waals surface area contributed by atoms with Crippen molar-refractivity contribution in [3.8, 4) is 0 Å². The summed E-state index contributed by atoms with van der Waals surface area (Å²) in [6, 6.07) is 0. The Morgan fingerprint density at radius 3 is 1.50 bits per heavy atom. The molecule has 0 radical (unpaired) electrons. The highest BCUT2D eigenvalue weighted by Gasteiger charge is 2.38. The van der Waals surface area contributed by atoms with Gasteiger partial charge in [-0.05, 0) is 14.0 Å². The van der Waals surface area contributed by atoms with Crippen molar-refractivity contribution in [3.05, 3.63) is 0 Å². The van der Waals surface area contributed by atoms with Gasteiger partial charge in [-0.2, -0.15) is 13.2 Å². The van der Waals surface area contributed by atoms with Crippen molar-refractivity contribution in [2.45, 2.75) is 13.1 Å². The van der Waals surface area contributed by atoms with Crippen molar-refractivity contribution in [2.24, 2.45) is 5.73 Å². The molecule has 0 aliphatic carbocycles. The zero-order valence-electron chi connectivity index (χ0n) is 6.72. The Morgan fingerprint density at radius 2 is 1.50 bits per heavy atom. The maximum Gasteiger partial charge on any atom is 0.490 e. The van der Waals surface area contributed by atoms with Gasteiger partial charge in [0.15, 0.2) is 0 Å². The molecule has 0 atom stereocenters. The summed E-state index contributed by atoms with van der Waals surface area (Å²) in [5.74, 6) is -2.76. The lowest BCUT2D eigenvalue weighted by Gasteiger charge is -1.93. The van der Waals surface area contributed by atoms with E-state index in [-0.39, 0.29) is 6.61 Å². The maximum atomic E-state index is 10.6. The van der Waals surface area contributed by atoms with Crippen LogP contribution in [0.3, 0.4) is 0 Å². The van der Waals surface area contributed by atoms with E-state index in [1.165, 1.54) is 7.05 Å². The summed E-state index contributed by atoms with van der Waals surface area (Å²) in [7, 11) is 1.50. The molecule has 0 aromatic heterocycles. The van der Waals surface area contributed by atoms with Crippen LogP contribution in [0.2, 0.25) is 0 Å². The molecule has 0 aromatic carbocycles.